The van der Waals surface area contributed by atoms with Gasteiger partial charge in [-0.1, -0.05) is 192 Å². The first-order valence-corrected chi connectivity index (χ1v) is 30.0. The topological polar surface area (TPSA) is 43.9 Å². The Morgan fingerprint density at radius 3 is 1.87 bits per heavy atom. The van der Waals surface area contributed by atoms with E-state index in [9.17, 15) is 0 Å². The Balaban J connectivity index is 0.000000183. The molecule has 5 heteroatoms. The summed E-state index contributed by atoms with van der Waals surface area (Å²) >= 11 is 0. The van der Waals surface area contributed by atoms with E-state index in [-0.39, 0.29) is 59.2 Å². The number of benzene rings is 9. The molecule has 0 bridgehead atoms. The fraction of sp³-hybridized carbons (Fsp3) is 0.291. The van der Waals surface area contributed by atoms with Crippen molar-refractivity contribution in [1.82, 2.24) is 14.5 Å². The third-order valence-electron chi connectivity index (χ3n) is 18.9. The fourth-order valence-electron chi connectivity index (χ4n) is 14.0. The quantitative estimate of drug-likeness (QED) is 0.118. The molecule has 0 fully saturated rings. The number of aromatic nitrogens is 3. The largest absolute Gasteiger partial charge is 0.501 e. The van der Waals surface area contributed by atoms with Gasteiger partial charge < -0.3 is 14.0 Å². The van der Waals surface area contributed by atoms with Crippen LogP contribution in [0.4, 0.5) is 0 Å². The molecule has 2 aliphatic carbocycles. The standard InChI is InChI=1S/C46H37N2O.C33H40N.Ir/c1-27(2)36-24-33(30-13-7-6-8-14-30)25-37(28(3)4)44(36)48-41-18-12-11-17-40(41)47-46(48)35-22-19-29(5)43-39-23-32-21-20-31-15-9-10-16-34(31)38(32)26-42(39)49-45(35)43;1-30(2)15-17-32(5,6)28-24(30)21-25-29(33(7,8)18-16-31(25,3)4)27(28)23-14-19-34-26(20-23)22-12-10-9-11-13-22;/h6-21,23-28H,1-5H3;9-12,14,19-21H,15-18H2,1-8H3;/q2*-1;/i5D3;;. The Bertz CT molecular complexity index is 4550. The number of pyridine rings is 1. The van der Waals surface area contributed by atoms with Crippen LogP contribution < -0.4 is 0 Å². The minimum absolute atomic E-state index is 0. The molecule has 0 saturated carbocycles. The molecule has 425 valence electrons. The zero-order chi connectivity index (χ0) is 60.4. The SMILES string of the molecule is CC1(C)CCC(C)(C)c2c1cc1c(c2-c2ccnc(-c3[c-]cccc3)c2)C(C)(C)CCC1(C)C.[2H]C([2H])([2H])c1c[c-]c(-c2nc3ccccc3n2-c2c(C(C)C)cc(-c3ccccc3)cc2C(C)C)c2oc3cc4c(ccc5ccccc54)cc3c12.[Ir]. The molecule has 0 atom stereocenters. The summed E-state index contributed by atoms with van der Waals surface area (Å²) in [5.74, 6) is 1.05. The second-order valence-electron chi connectivity index (χ2n) is 27.0. The van der Waals surface area contributed by atoms with Gasteiger partial charge in [-0.25, -0.2) is 0 Å². The molecule has 14 rings (SSSR count). The number of hydrogen-bond donors (Lipinski definition) is 0. The predicted octanol–water partition coefficient (Wildman–Crippen LogP) is 21.8. The molecule has 2 aliphatic rings. The Hall–Kier alpha value is -7.43. The van der Waals surface area contributed by atoms with E-state index in [1.165, 1.54) is 59.1 Å². The van der Waals surface area contributed by atoms with Gasteiger partial charge in [-0.15, -0.1) is 53.6 Å². The van der Waals surface area contributed by atoms with Crippen molar-refractivity contribution >= 4 is 54.5 Å². The van der Waals surface area contributed by atoms with Crippen molar-refractivity contribution in [3.05, 3.63) is 221 Å². The molecule has 3 aromatic heterocycles. The van der Waals surface area contributed by atoms with E-state index < -0.39 is 6.85 Å². The molecule has 0 aliphatic heterocycles. The summed E-state index contributed by atoms with van der Waals surface area (Å²) in [5, 5.41) is 5.67. The first-order chi connectivity index (χ1) is 40.9. The van der Waals surface area contributed by atoms with Gasteiger partial charge in [-0.05, 0) is 185 Å². The number of nitrogens with zero attached hydrogens (tertiary/aromatic N) is 3. The maximum Gasteiger partial charge on any atom is 0.121 e. The van der Waals surface area contributed by atoms with E-state index in [2.05, 4.69) is 209 Å². The summed E-state index contributed by atoms with van der Waals surface area (Å²) in [4.78, 5) is 10.0. The molecule has 12 aromatic rings. The summed E-state index contributed by atoms with van der Waals surface area (Å²) in [6, 6.07) is 63.8. The first-order valence-electron chi connectivity index (χ1n) is 31.5. The average molecular weight is 1280 g/mol. The number of hydrogen-bond acceptors (Lipinski definition) is 3. The number of aryl methyl sites for hydroxylation is 1. The predicted molar refractivity (Wildman–Crippen MR) is 351 cm³/mol. The first kappa shape index (κ1) is 53.3. The maximum atomic E-state index is 8.57. The fourth-order valence-corrected chi connectivity index (χ4v) is 14.0. The number of para-hydroxylation sites is 2. The Morgan fingerprint density at radius 2 is 1.20 bits per heavy atom. The number of furan rings is 1. The summed E-state index contributed by atoms with van der Waals surface area (Å²) in [6.07, 6.45) is 6.89. The van der Waals surface area contributed by atoms with Crippen LogP contribution in [0.25, 0.3) is 105 Å². The van der Waals surface area contributed by atoms with Crippen LogP contribution in [-0.4, -0.2) is 14.5 Å². The molecule has 0 N–H and O–H groups in total. The Morgan fingerprint density at radius 1 is 0.571 bits per heavy atom. The molecule has 0 spiro atoms. The van der Waals surface area contributed by atoms with E-state index in [0.717, 1.165) is 54.9 Å². The smallest absolute Gasteiger partial charge is 0.121 e. The molecule has 9 aromatic carbocycles. The van der Waals surface area contributed by atoms with Crippen LogP contribution in [0.5, 0.6) is 0 Å². The van der Waals surface area contributed by atoms with Crippen LogP contribution in [0.2, 0.25) is 0 Å². The molecule has 0 saturated heterocycles. The summed E-state index contributed by atoms with van der Waals surface area (Å²) < 4.78 is 34.8. The molecule has 4 nitrogen and oxygen atoms in total. The average Bonchev–Trinajstić information content (AvgIpc) is 1.88. The van der Waals surface area contributed by atoms with Gasteiger partial charge >= 0.3 is 0 Å². The molecule has 1 radical (unpaired) electrons. The minimum atomic E-state index is -2.38. The van der Waals surface area contributed by atoms with Gasteiger partial charge in [0.15, 0.2) is 0 Å². The molecule has 84 heavy (non-hydrogen) atoms. The van der Waals surface area contributed by atoms with E-state index in [1.54, 1.807) is 28.3 Å². The monoisotopic (exact) mass is 1280 g/mol. The van der Waals surface area contributed by atoms with Gasteiger partial charge in [0.25, 0.3) is 0 Å². The Kier molecular flexibility index (Phi) is 13.5. The van der Waals surface area contributed by atoms with Gasteiger partial charge in [0, 0.05) is 41.5 Å². The van der Waals surface area contributed by atoms with Crippen molar-refractivity contribution in [3.8, 4) is 50.6 Å². The number of fused-ring (bicyclic) bond motifs is 9. The summed E-state index contributed by atoms with van der Waals surface area (Å²) in [5.41, 5.74) is 21.3. The maximum absolute atomic E-state index is 8.57. The minimum Gasteiger partial charge on any atom is -0.501 e. The van der Waals surface area contributed by atoms with E-state index in [1.807, 2.05) is 54.7 Å². The summed E-state index contributed by atoms with van der Waals surface area (Å²) in [7, 11) is 0. The van der Waals surface area contributed by atoms with Gasteiger partial charge in [-0.3, -0.25) is 4.98 Å². The summed E-state index contributed by atoms with van der Waals surface area (Å²) in [6.45, 7) is 26.2. The number of imidazole rings is 1. The van der Waals surface area contributed by atoms with Gasteiger partial charge in [-0.2, -0.15) is 0 Å². The van der Waals surface area contributed by atoms with Crippen LogP contribution in [0.1, 0.15) is 164 Å². The third-order valence-corrected chi connectivity index (χ3v) is 18.9. The van der Waals surface area contributed by atoms with E-state index >= 15 is 0 Å². The Labute approximate surface area is 515 Å². The van der Waals surface area contributed by atoms with Crippen LogP contribution >= 0.6 is 0 Å². The normalized spacial score (nSPS) is 16.4. The second-order valence-corrected chi connectivity index (χ2v) is 27.0. The van der Waals surface area contributed by atoms with Crippen molar-refractivity contribution in [2.75, 3.05) is 0 Å². The van der Waals surface area contributed by atoms with Crippen molar-refractivity contribution in [2.45, 2.75) is 149 Å². The van der Waals surface area contributed by atoms with Crippen LogP contribution in [0, 0.1) is 19.0 Å². The van der Waals surface area contributed by atoms with Crippen molar-refractivity contribution in [2.24, 2.45) is 0 Å². The third kappa shape index (κ3) is 9.64. The van der Waals surface area contributed by atoms with Gasteiger partial charge in [0.2, 0.25) is 0 Å². The molecular formula is C79H77IrN3O-2. The van der Waals surface area contributed by atoms with Crippen molar-refractivity contribution < 1.29 is 28.6 Å². The van der Waals surface area contributed by atoms with Gasteiger partial charge in [0.1, 0.15) is 5.58 Å². The zero-order valence-electron chi connectivity index (χ0n) is 53.7. The molecule has 3 heterocycles. The number of rotatable bonds is 7. The van der Waals surface area contributed by atoms with E-state index in [0.29, 0.717) is 27.9 Å². The van der Waals surface area contributed by atoms with Crippen molar-refractivity contribution in [3.63, 3.8) is 0 Å². The van der Waals surface area contributed by atoms with Crippen LogP contribution in [-0.2, 0) is 41.8 Å². The van der Waals surface area contributed by atoms with Crippen molar-refractivity contribution in [1.29, 1.82) is 0 Å². The van der Waals surface area contributed by atoms with Gasteiger partial charge in [0.05, 0.1) is 22.4 Å². The molecule has 0 unspecified atom stereocenters. The van der Waals surface area contributed by atoms with Crippen LogP contribution in [0.3, 0.4) is 0 Å². The van der Waals surface area contributed by atoms with E-state index in [4.69, 9.17) is 18.5 Å². The van der Waals surface area contributed by atoms with Crippen LogP contribution in [0.15, 0.2) is 174 Å². The zero-order valence-corrected chi connectivity index (χ0v) is 53.1. The molecule has 0 amide bonds. The molecular weight excluding hydrogens is 1200 g/mol. The second kappa shape index (κ2) is 21.3.